The molecule has 1 aromatic rings. The Morgan fingerprint density at radius 2 is 1.67 bits per heavy atom. The number of carbonyl (C=O) groups excluding carboxylic acids is 1. The van der Waals surface area contributed by atoms with Crippen LogP contribution in [0.5, 0.6) is 0 Å². The summed E-state index contributed by atoms with van der Waals surface area (Å²) in [5.74, 6) is -0.274. The summed E-state index contributed by atoms with van der Waals surface area (Å²) in [4.78, 5) is 15.1. The van der Waals surface area contributed by atoms with E-state index in [1.54, 1.807) is 4.90 Å². The Morgan fingerprint density at radius 1 is 1.08 bits per heavy atom. The minimum atomic E-state index is -4.91. The van der Waals surface area contributed by atoms with Crippen LogP contribution in [0.4, 0.5) is 26.3 Å². The van der Waals surface area contributed by atoms with Gasteiger partial charge in [-0.1, -0.05) is 6.92 Å². The van der Waals surface area contributed by atoms with Gasteiger partial charge in [0.2, 0.25) is 5.91 Å². The van der Waals surface area contributed by atoms with E-state index in [4.69, 9.17) is 4.74 Å². The van der Waals surface area contributed by atoms with Crippen LogP contribution in [-0.2, 0) is 28.5 Å². The summed E-state index contributed by atoms with van der Waals surface area (Å²) in [7, 11) is 0. The van der Waals surface area contributed by atoms with Gasteiger partial charge in [0.15, 0.2) is 0 Å². The first-order valence-corrected chi connectivity index (χ1v) is 12.3. The van der Waals surface area contributed by atoms with Crippen molar-refractivity contribution < 1.29 is 41.0 Å². The molecule has 2 N–H and O–H groups in total. The number of halogens is 6. The van der Waals surface area contributed by atoms with E-state index in [1.807, 2.05) is 13.8 Å². The van der Waals surface area contributed by atoms with Crippen LogP contribution in [-0.4, -0.2) is 52.3 Å². The molecule has 1 aromatic carbocycles. The van der Waals surface area contributed by atoms with Gasteiger partial charge in [-0.2, -0.15) is 26.3 Å². The lowest BCUT2D eigenvalue weighted by molar-refractivity contribution is -0.143. The Labute approximate surface area is 206 Å². The van der Waals surface area contributed by atoms with Gasteiger partial charge in [0.1, 0.15) is 0 Å². The maximum atomic E-state index is 13.3. The van der Waals surface area contributed by atoms with Gasteiger partial charge in [-0.15, -0.1) is 0 Å². The normalized spacial score (nSPS) is 30.5. The second kappa shape index (κ2) is 9.47. The number of ether oxygens (including phenoxy) is 1. The number of rotatable bonds is 5. The second-order valence-electron chi connectivity index (χ2n) is 10.7. The highest BCUT2D eigenvalue weighted by atomic mass is 19.4. The predicted octanol–water partition coefficient (Wildman–Crippen LogP) is 4.90. The van der Waals surface area contributed by atoms with Crippen molar-refractivity contribution in [1.82, 2.24) is 10.2 Å². The fraction of sp³-hybridized carbons (Fsp3) is 0.720. The van der Waals surface area contributed by atoms with Crippen molar-refractivity contribution >= 4 is 5.91 Å². The molecule has 1 amide bonds. The van der Waals surface area contributed by atoms with Crippen LogP contribution in [0.15, 0.2) is 18.2 Å². The Hall–Kier alpha value is -1.85. The summed E-state index contributed by atoms with van der Waals surface area (Å²) < 4.78 is 85.0. The summed E-state index contributed by atoms with van der Waals surface area (Å²) in [5, 5.41) is 13.9. The quantitative estimate of drug-likeness (QED) is 0.540. The average molecular weight is 523 g/mol. The standard InChI is InChI=1S/C25H32F6N2O3/c1-3-23(35)6-8-33(9-7-23)21(34)18-13-22(2)20(5-4-19(18)32-22)36-14-15-10-16(24(26,27)28)12-17(11-15)25(29,30)31/h10-12,18-20,32,35H,3-9,13-14H2,1-2H3. The molecular weight excluding hydrogens is 490 g/mol. The van der Waals surface area contributed by atoms with Crippen molar-refractivity contribution in [2.24, 2.45) is 5.92 Å². The van der Waals surface area contributed by atoms with Crippen LogP contribution >= 0.6 is 0 Å². The number of amides is 1. The Balaban J connectivity index is 1.43. The molecule has 0 aliphatic carbocycles. The van der Waals surface area contributed by atoms with Gasteiger partial charge < -0.3 is 20.1 Å². The SMILES string of the molecule is CCC1(O)CCN(C(=O)C2CC3(C)NC2CCC3OCc2cc(C(F)(F)F)cc(C(F)(F)F)c2)CC1. The minimum Gasteiger partial charge on any atom is -0.390 e. The highest BCUT2D eigenvalue weighted by Gasteiger charge is 2.53. The van der Waals surface area contributed by atoms with E-state index < -0.39 is 47.3 Å². The number of likely N-dealkylation sites (tertiary alicyclic amines) is 1. The average Bonchev–Trinajstić information content (AvgIpc) is 3.08. The summed E-state index contributed by atoms with van der Waals surface area (Å²) in [6.45, 7) is 4.38. The molecule has 3 aliphatic rings. The first kappa shape index (κ1) is 27.2. The zero-order chi connectivity index (χ0) is 26.5. The highest BCUT2D eigenvalue weighted by molar-refractivity contribution is 5.80. The number of aliphatic hydroxyl groups is 1. The van der Waals surface area contributed by atoms with Crippen LogP contribution in [0, 0.1) is 5.92 Å². The number of hydrogen-bond donors (Lipinski definition) is 2. The van der Waals surface area contributed by atoms with Gasteiger partial charge in [-0.25, -0.2) is 0 Å². The van der Waals surface area contributed by atoms with Crippen molar-refractivity contribution in [3.05, 3.63) is 34.9 Å². The topological polar surface area (TPSA) is 61.8 Å². The van der Waals surface area contributed by atoms with E-state index in [-0.39, 0.29) is 29.5 Å². The van der Waals surface area contributed by atoms with Gasteiger partial charge >= 0.3 is 12.4 Å². The second-order valence-corrected chi connectivity index (χ2v) is 10.7. The maximum absolute atomic E-state index is 13.3. The minimum absolute atomic E-state index is 0.0164. The number of alkyl halides is 6. The van der Waals surface area contributed by atoms with Crippen LogP contribution in [0.1, 0.15) is 69.1 Å². The Morgan fingerprint density at radius 3 is 2.19 bits per heavy atom. The molecule has 36 heavy (non-hydrogen) atoms. The third kappa shape index (κ3) is 5.52. The Bertz CT molecular complexity index is 941. The van der Waals surface area contributed by atoms with Crippen LogP contribution in [0.25, 0.3) is 0 Å². The predicted molar refractivity (Wildman–Crippen MR) is 119 cm³/mol. The van der Waals surface area contributed by atoms with Gasteiger partial charge in [0.05, 0.1) is 35.4 Å². The van der Waals surface area contributed by atoms with Crippen molar-refractivity contribution in [3.8, 4) is 0 Å². The van der Waals surface area contributed by atoms with Crippen molar-refractivity contribution in [1.29, 1.82) is 0 Å². The van der Waals surface area contributed by atoms with E-state index in [2.05, 4.69) is 5.32 Å². The molecule has 3 saturated heterocycles. The van der Waals surface area contributed by atoms with Crippen molar-refractivity contribution in [3.63, 3.8) is 0 Å². The molecule has 3 aliphatic heterocycles. The molecule has 3 heterocycles. The van der Waals surface area contributed by atoms with E-state index >= 15 is 0 Å². The van der Waals surface area contributed by atoms with Gasteiger partial charge in [-0.3, -0.25) is 4.79 Å². The molecule has 0 spiro atoms. The molecule has 4 atom stereocenters. The van der Waals surface area contributed by atoms with Crippen LogP contribution in [0.3, 0.4) is 0 Å². The van der Waals surface area contributed by atoms with Gasteiger partial charge in [-0.05, 0) is 69.2 Å². The third-order valence-corrected chi connectivity index (χ3v) is 8.18. The van der Waals surface area contributed by atoms with Crippen molar-refractivity contribution in [2.45, 2.75) is 94.6 Å². The molecule has 4 rings (SSSR count). The van der Waals surface area contributed by atoms with Crippen molar-refractivity contribution in [2.75, 3.05) is 13.1 Å². The fourth-order valence-electron chi connectivity index (χ4n) is 5.89. The molecule has 0 aromatic heterocycles. The van der Waals surface area contributed by atoms with E-state index in [1.165, 1.54) is 0 Å². The number of nitrogens with one attached hydrogen (secondary N) is 1. The van der Waals surface area contributed by atoms with E-state index in [0.29, 0.717) is 63.7 Å². The number of nitrogens with zero attached hydrogens (tertiary/aromatic N) is 1. The molecule has 2 bridgehead atoms. The molecule has 3 fully saturated rings. The third-order valence-electron chi connectivity index (χ3n) is 8.18. The Kier molecular flexibility index (Phi) is 7.15. The molecule has 202 valence electrons. The molecule has 5 nitrogen and oxygen atoms in total. The van der Waals surface area contributed by atoms with Gasteiger partial charge in [0.25, 0.3) is 0 Å². The highest BCUT2D eigenvalue weighted by Crippen LogP contribution is 2.43. The monoisotopic (exact) mass is 522 g/mol. The van der Waals surface area contributed by atoms with E-state index in [9.17, 15) is 36.2 Å². The maximum Gasteiger partial charge on any atom is 0.416 e. The number of hydrogen-bond acceptors (Lipinski definition) is 4. The van der Waals surface area contributed by atoms with Gasteiger partial charge in [0, 0.05) is 24.7 Å². The molecular formula is C25H32F6N2O3. The molecule has 0 radical (unpaired) electrons. The van der Waals surface area contributed by atoms with Crippen LogP contribution < -0.4 is 5.32 Å². The smallest absolute Gasteiger partial charge is 0.390 e. The lowest BCUT2D eigenvalue weighted by Gasteiger charge is -2.39. The number of piperidine rings is 2. The lowest BCUT2D eigenvalue weighted by atomic mass is 9.87. The lowest BCUT2D eigenvalue weighted by Crippen LogP contribution is -2.55. The first-order chi connectivity index (χ1) is 16.6. The fourth-order valence-corrected chi connectivity index (χ4v) is 5.89. The zero-order valence-corrected chi connectivity index (χ0v) is 20.3. The number of benzene rings is 1. The summed E-state index contributed by atoms with van der Waals surface area (Å²) in [5.41, 5.74) is -4.30. The first-order valence-electron chi connectivity index (χ1n) is 12.3. The molecule has 11 heteroatoms. The summed E-state index contributed by atoms with van der Waals surface area (Å²) in [6.07, 6.45) is -6.99. The molecule has 4 unspecified atom stereocenters. The number of fused-ring (bicyclic) bond motifs is 2. The van der Waals surface area contributed by atoms with Crippen LogP contribution in [0.2, 0.25) is 0 Å². The molecule has 0 saturated carbocycles. The summed E-state index contributed by atoms with van der Waals surface area (Å²) in [6, 6.07) is 1.41. The zero-order valence-electron chi connectivity index (χ0n) is 20.3. The van der Waals surface area contributed by atoms with E-state index in [0.717, 1.165) is 0 Å². The summed E-state index contributed by atoms with van der Waals surface area (Å²) >= 11 is 0. The number of carbonyl (C=O) groups is 1. The largest absolute Gasteiger partial charge is 0.416 e.